The number of hydrogen-bond donors (Lipinski definition) is 0. The summed E-state index contributed by atoms with van der Waals surface area (Å²) in [5.41, 5.74) is 4.40. The Morgan fingerprint density at radius 2 is 2.29 bits per heavy atom. The van der Waals surface area contributed by atoms with Gasteiger partial charge in [0, 0.05) is 12.1 Å². The number of ether oxygens (including phenoxy) is 2. The highest BCUT2D eigenvalue weighted by molar-refractivity contribution is 6.14. The van der Waals surface area contributed by atoms with Crippen molar-refractivity contribution in [1.29, 1.82) is 0 Å². The van der Waals surface area contributed by atoms with Gasteiger partial charge in [-0.15, -0.1) is 0 Å². The molecule has 1 aliphatic carbocycles. The van der Waals surface area contributed by atoms with Crippen LogP contribution in [0.1, 0.15) is 40.5 Å². The van der Waals surface area contributed by atoms with Gasteiger partial charge in [-0.25, -0.2) is 4.99 Å². The summed E-state index contributed by atoms with van der Waals surface area (Å²) >= 11 is 0. The minimum absolute atomic E-state index is 0.141. The molecule has 0 amide bonds. The van der Waals surface area contributed by atoms with Crippen molar-refractivity contribution in [3.8, 4) is 0 Å². The van der Waals surface area contributed by atoms with Gasteiger partial charge in [0.15, 0.2) is 0 Å². The maximum Gasteiger partial charge on any atom is 0.146 e. The maximum absolute atomic E-state index is 6.10. The molecular weight excluding hydrogens is 262 g/mol. The summed E-state index contributed by atoms with van der Waals surface area (Å²) in [5.74, 6) is 0.851. The highest BCUT2D eigenvalue weighted by Gasteiger charge is 2.22. The molecular formula is C18H25NO2. The number of allylic oxidation sites excluding steroid dienone is 7. The zero-order valence-electron chi connectivity index (χ0n) is 13.5. The molecule has 1 unspecified atom stereocenters. The molecule has 0 aromatic carbocycles. The first kappa shape index (κ1) is 15.8. The van der Waals surface area contributed by atoms with Crippen LogP contribution in [0.2, 0.25) is 0 Å². The average Bonchev–Trinajstić information content (AvgIpc) is 3.00. The first-order valence-corrected chi connectivity index (χ1v) is 7.70. The molecule has 0 aromatic rings. The smallest absolute Gasteiger partial charge is 0.146 e. The Kier molecular flexibility index (Phi) is 5.57. The summed E-state index contributed by atoms with van der Waals surface area (Å²) in [6.07, 6.45) is 10.3. The molecule has 0 N–H and O–H groups in total. The SMILES string of the molecule is C/C=C1/C=CC=C(OC2CCOC2)/C1=N\C(C)=C(/C)CC. The Bertz CT molecular complexity index is 529. The second-order valence-corrected chi connectivity index (χ2v) is 5.42. The van der Waals surface area contributed by atoms with E-state index in [0.29, 0.717) is 6.61 Å². The van der Waals surface area contributed by atoms with Gasteiger partial charge < -0.3 is 9.47 Å². The first-order chi connectivity index (χ1) is 10.2. The van der Waals surface area contributed by atoms with E-state index in [1.54, 1.807) is 0 Å². The van der Waals surface area contributed by atoms with E-state index in [2.05, 4.69) is 32.9 Å². The summed E-state index contributed by atoms with van der Waals surface area (Å²) in [5, 5.41) is 0. The minimum atomic E-state index is 0.141. The van der Waals surface area contributed by atoms with Crippen molar-refractivity contribution in [3.63, 3.8) is 0 Å². The molecule has 114 valence electrons. The van der Waals surface area contributed by atoms with E-state index in [4.69, 9.17) is 14.5 Å². The maximum atomic E-state index is 6.10. The number of hydrogen-bond acceptors (Lipinski definition) is 3. The van der Waals surface area contributed by atoms with Crippen molar-refractivity contribution >= 4 is 5.71 Å². The van der Waals surface area contributed by atoms with Crippen LogP contribution in [0.4, 0.5) is 0 Å². The lowest BCUT2D eigenvalue weighted by atomic mass is 10.0. The van der Waals surface area contributed by atoms with E-state index in [0.717, 1.165) is 42.2 Å². The Labute approximate surface area is 127 Å². The van der Waals surface area contributed by atoms with Crippen LogP contribution in [0, 0.1) is 0 Å². The standard InChI is InChI=1S/C18H25NO2/c1-5-13(3)14(4)19-18-15(6-2)8-7-9-17(18)21-16-10-11-20-12-16/h6-9,16H,5,10-12H2,1-4H3/b14-13+,15-6-,19-18-. The molecule has 0 spiro atoms. The lowest BCUT2D eigenvalue weighted by Gasteiger charge is -2.20. The third-order valence-electron chi connectivity index (χ3n) is 3.95. The molecule has 21 heavy (non-hydrogen) atoms. The normalized spacial score (nSPS) is 27.0. The van der Waals surface area contributed by atoms with Crippen molar-refractivity contribution in [1.82, 2.24) is 0 Å². The van der Waals surface area contributed by atoms with E-state index in [1.807, 2.05) is 19.1 Å². The molecule has 1 saturated heterocycles. The Balaban J connectivity index is 2.29. The van der Waals surface area contributed by atoms with Crippen molar-refractivity contribution in [3.05, 3.63) is 46.9 Å². The fraction of sp³-hybridized carbons (Fsp3) is 0.500. The van der Waals surface area contributed by atoms with Gasteiger partial charge in [0.05, 0.1) is 13.2 Å². The molecule has 2 rings (SSSR count). The molecule has 1 aliphatic heterocycles. The van der Waals surface area contributed by atoms with Gasteiger partial charge in [-0.05, 0) is 38.8 Å². The number of rotatable bonds is 4. The minimum Gasteiger partial charge on any atom is -0.486 e. The quantitative estimate of drug-likeness (QED) is 0.770. The summed E-state index contributed by atoms with van der Waals surface area (Å²) < 4.78 is 11.5. The van der Waals surface area contributed by atoms with Crippen LogP contribution < -0.4 is 0 Å². The Hall–Kier alpha value is -1.61. The topological polar surface area (TPSA) is 30.8 Å². The average molecular weight is 287 g/mol. The van der Waals surface area contributed by atoms with Gasteiger partial charge >= 0.3 is 0 Å². The van der Waals surface area contributed by atoms with Crippen LogP contribution >= 0.6 is 0 Å². The fourth-order valence-electron chi connectivity index (χ4n) is 2.29. The van der Waals surface area contributed by atoms with Crippen LogP contribution in [0.5, 0.6) is 0 Å². The largest absolute Gasteiger partial charge is 0.486 e. The lowest BCUT2D eigenvalue weighted by molar-refractivity contribution is 0.101. The van der Waals surface area contributed by atoms with Crippen LogP contribution in [-0.4, -0.2) is 25.0 Å². The third-order valence-corrected chi connectivity index (χ3v) is 3.95. The molecule has 1 fully saturated rings. The zero-order valence-corrected chi connectivity index (χ0v) is 13.5. The number of aliphatic imine (C=N–C) groups is 1. The summed E-state index contributed by atoms with van der Waals surface area (Å²) in [4.78, 5) is 4.83. The van der Waals surface area contributed by atoms with Crippen molar-refractivity contribution < 1.29 is 9.47 Å². The van der Waals surface area contributed by atoms with Crippen LogP contribution in [0.25, 0.3) is 0 Å². The number of nitrogens with zero attached hydrogens (tertiary/aromatic N) is 1. The molecule has 3 nitrogen and oxygen atoms in total. The summed E-state index contributed by atoms with van der Waals surface area (Å²) in [6.45, 7) is 9.82. The van der Waals surface area contributed by atoms with E-state index >= 15 is 0 Å². The van der Waals surface area contributed by atoms with Gasteiger partial charge in [0.2, 0.25) is 0 Å². The zero-order chi connectivity index (χ0) is 15.2. The fourth-order valence-corrected chi connectivity index (χ4v) is 2.29. The predicted octanol–water partition coefficient (Wildman–Crippen LogP) is 4.34. The molecule has 0 saturated carbocycles. The van der Waals surface area contributed by atoms with E-state index in [1.165, 1.54) is 5.57 Å². The van der Waals surface area contributed by atoms with Crippen LogP contribution in [0.15, 0.2) is 51.9 Å². The third kappa shape index (κ3) is 3.94. The second kappa shape index (κ2) is 7.41. The lowest BCUT2D eigenvalue weighted by Crippen LogP contribution is -2.19. The van der Waals surface area contributed by atoms with Crippen molar-refractivity contribution in [2.24, 2.45) is 4.99 Å². The molecule has 0 radical (unpaired) electrons. The molecule has 2 aliphatic rings. The highest BCUT2D eigenvalue weighted by Crippen LogP contribution is 2.23. The monoisotopic (exact) mass is 287 g/mol. The first-order valence-electron chi connectivity index (χ1n) is 7.70. The van der Waals surface area contributed by atoms with Crippen molar-refractivity contribution in [2.45, 2.75) is 46.6 Å². The van der Waals surface area contributed by atoms with Gasteiger partial charge in [-0.3, -0.25) is 0 Å². The van der Waals surface area contributed by atoms with Crippen LogP contribution in [0.3, 0.4) is 0 Å². The molecule has 1 atom stereocenters. The summed E-state index contributed by atoms with van der Waals surface area (Å²) in [6, 6.07) is 0. The highest BCUT2D eigenvalue weighted by atomic mass is 16.5. The van der Waals surface area contributed by atoms with E-state index < -0.39 is 0 Å². The molecule has 1 heterocycles. The molecule has 0 bridgehead atoms. The van der Waals surface area contributed by atoms with Gasteiger partial charge in [-0.2, -0.15) is 0 Å². The Morgan fingerprint density at radius 1 is 1.48 bits per heavy atom. The summed E-state index contributed by atoms with van der Waals surface area (Å²) in [7, 11) is 0. The predicted molar refractivity (Wildman–Crippen MR) is 87.4 cm³/mol. The van der Waals surface area contributed by atoms with E-state index in [9.17, 15) is 0 Å². The Morgan fingerprint density at radius 3 is 2.90 bits per heavy atom. The van der Waals surface area contributed by atoms with Gasteiger partial charge in [0.1, 0.15) is 17.6 Å². The van der Waals surface area contributed by atoms with Gasteiger partial charge in [0.25, 0.3) is 0 Å². The van der Waals surface area contributed by atoms with Crippen LogP contribution in [-0.2, 0) is 9.47 Å². The van der Waals surface area contributed by atoms with Gasteiger partial charge in [-0.1, -0.05) is 30.7 Å². The van der Waals surface area contributed by atoms with Crippen molar-refractivity contribution in [2.75, 3.05) is 13.2 Å². The van der Waals surface area contributed by atoms with E-state index in [-0.39, 0.29) is 6.10 Å². The second-order valence-electron chi connectivity index (χ2n) is 5.42. The molecule has 0 aromatic heterocycles. The molecule has 3 heteroatoms.